The number of carbonyl (C=O) groups excluding carboxylic acids is 1. The van der Waals surface area contributed by atoms with Gasteiger partial charge in [-0.2, -0.15) is 5.26 Å². The number of ether oxygens (including phenoxy) is 2. The third kappa shape index (κ3) is 3.12. The van der Waals surface area contributed by atoms with E-state index in [4.69, 9.17) is 19.2 Å². The van der Waals surface area contributed by atoms with Crippen molar-refractivity contribution < 1.29 is 18.7 Å². The molecule has 1 fully saturated rings. The van der Waals surface area contributed by atoms with E-state index in [1.165, 1.54) is 0 Å². The summed E-state index contributed by atoms with van der Waals surface area (Å²) in [7, 11) is -1.92. The molecule has 2 aliphatic rings. The van der Waals surface area contributed by atoms with E-state index in [-0.39, 0.29) is 23.3 Å². The van der Waals surface area contributed by atoms with Gasteiger partial charge in [0.25, 0.3) is 0 Å². The number of fused-ring (bicyclic) bond motifs is 3. The van der Waals surface area contributed by atoms with Crippen molar-refractivity contribution in [3.05, 3.63) is 23.8 Å². The zero-order chi connectivity index (χ0) is 18.4. The Labute approximate surface area is 149 Å². The quantitative estimate of drug-likeness (QED) is 0.769. The van der Waals surface area contributed by atoms with E-state index >= 15 is 0 Å². The van der Waals surface area contributed by atoms with E-state index < -0.39 is 8.32 Å². The van der Waals surface area contributed by atoms with Gasteiger partial charge < -0.3 is 13.9 Å². The first-order valence-corrected chi connectivity index (χ1v) is 11.4. The fraction of sp³-hybridized carbons (Fsp3) is 0.556. The van der Waals surface area contributed by atoms with Crippen LogP contribution in [0, 0.1) is 11.3 Å². The summed E-state index contributed by atoms with van der Waals surface area (Å²) in [6, 6.07) is 6.93. The second kappa shape index (κ2) is 6.04. The maximum atomic E-state index is 12.4. The Hall–Kier alpha value is -2.04. The lowest BCUT2D eigenvalue weighted by Gasteiger charge is -2.37. The molecule has 25 heavy (non-hydrogen) atoms. The molecule has 1 saturated heterocycles. The number of benzene rings is 1. The standard InChI is InChI=1S/C18H24N2O4Si/c1-18(2,3)25(4,5)23-11-16-14-10-22-15-8-12(9-19)6-7-13(15)20(14)17(21)24-16/h6-8,14,16H,10-11H2,1-5H3/t14-,16-/m0/s1. The van der Waals surface area contributed by atoms with Crippen LogP contribution < -0.4 is 9.64 Å². The lowest BCUT2D eigenvalue weighted by atomic mass is 10.1. The van der Waals surface area contributed by atoms with Crippen LogP contribution in [0.15, 0.2) is 18.2 Å². The lowest BCUT2D eigenvalue weighted by Crippen LogP contribution is -2.48. The Morgan fingerprint density at radius 2 is 2.12 bits per heavy atom. The van der Waals surface area contributed by atoms with Crippen molar-refractivity contribution in [2.24, 2.45) is 0 Å². The summed E-state index contributed by atoms with van der Waals surface area (Å²) in [5.74, 6) is 0.540. The summed E-state index contributed by atoms with van der Waals surface area (Å²) >= 11 is 0. The number of hydrogen-bond donors (Lipinski definition) is 0. The van der Waals surface area contributed by atoms with E-state index in [1.807, 2.05) is 0 Å². The van der Waals surface area contributed by atoms with E-state index in [9.17, 15) is 4.79 Å². The van der Waals surface area contributed by atoms with Crippen LogP contribution in [-0.2, 0) is 9.16 Å². The highest BCUT2D eigenvalue weighted by atomic mass is 28.4. The van der Waals surface area contributed by atoms with Crippen LogP contribution in [-0.4, -0.2) is 39.8 Å². The number of hydrogen-bond acceptors (Lipinski definition) is 5. The molecule has 2 aliphatic heterocycles. The zero-order valence-electron chi connectivity index (χ0n) is 15.3. The summed E-state index contributed by atoms with van der Waals surface area (Å²) in [5, 5.41) is 9.10. The van der Waals surface area contributed by atoms with Gasteiger partial charge in [0.2, 0.25) is 0 Å². The molecule has 7 heteroatoms. The highest BCUT2D eigenvalue weighted by Crippen LogP contribution is 2.41. The monoisotopic (exact) mass is 360 g/mol. The van der Waals surface area contributed by atoms with Crippen LogP contribution in [0.2, 0.25) is 18.1 Å². The minimum Gasteiger partial charge on any atom is -0.489 e. The molecular formula is C18H24N2O4Si. The highest BCUT2D eigenvalue weighted by molar-refractivity contribution is 6.74. The number of anilines is 1. The number of cyclic esters (lactones) is 1. The van der Waals surface area contributed by atoms with E-state index in [0.29, 0.717) is 30.2 Å². The maximum Gasteiger partial charge on any atom is 0.415 e. The molecule has 2 heterocycles. The molecular weight excluding hydrogens is 336 g/mol. The Bertz CT molecular complexity index is 736. The van der Waals surface area contributed by atoms with Crippen LogP contribution in [0.4, 0.5) is 10.5 Å². The van der Waals surface area contributed by atoms with E-state index in [2.05, 4.69) is 39.9 Å². The van der Waals surface area contributed by atoms with Crippen LogP contribution in [0.3, 0.4) is 0 Å². The molecule has 0 aromatic heterocycles. The number of nitriles is 1. The molecule has 0 aliphatic carbocycles. The van der Waals surface area contributed by atoms with Gasteiger partial charge in [-0.3, -0.25) is 4.90 Å². The van der Waals surface area contributed by atoms with Gasteiger partial charge in [-0.25, -0.2) is 4.79 Å². The molecule has 134 valence electrons. The average Bonchev–Trinajstić information content (AvgIpc) is 2.88. The van der Waals surface area contributed by atoms with Crippen molar-refractivity contribution >= 4 is 20.1 Å². The smallest absolute Gasteiger partial charge is 0.415 e. The van der Waals surface area contributed by atoms with Gasteiger partial charge in [0.05, 0.1) is 23.9 Å². The van der Waals surface area contributed by atoms with Gasteiger partial charge in [0.15, 0.2) is 8.32 Å². The Morgan fingerprint density at radius 1 is 1.40 bits per heavy atom. The predicted molar refractivity (Wildman–Crippen MR) is 96.3 cm³/mol. The van der Waals surface area contributed by atoms with Gasteiger partial charge in [-0.1, -0.05) is 20.8 Å². The molecule has 0 unspecified atom stereocenters. The molecule has 0 spiro atoms. The molecule has 0 bridgehead atoms. The SMILES string of the molecule is CC(C)(C)[Si](C)(C)OC[C@@H]1OC(=O)N2c3ccc(C#N)cc3OC[C@@H]12. The summed E-state index contributed by atoms with van der Waals surface area (Å²) in [6.07, 6.45) is -0.742. The summed E-state index contributed by atoms with van der Waals surface area (Å²) in [6.45, 7) is 11.6. The Kier molecular flexibility index (Phi) is 4.29. The molecule has 3 rings (SSSR count). The van der Waals surface area contributed by atoms with Crippen molar-refractivity contribution in [2.45, 2.75) is 51.0 Å². The van der Waals surface area contributed by atoms with Gasteiger partial charge in [0.1, 0.15) is 24.5 Å². The third-order valence-electron chi connectivity index (χ3n) is 5.38. The second-order valence-electron chi connectivity index (χ2n) is 8.04. The molecule has 6 nitrogen and oxygen atoms in total. The molecule has 1 aromatic rings. The van der Waals surface area contributed by atoms with Crippen LogP contribution >= 0.6 is 0 Å². The number of rotatable bonds is 3. The molecule has 2 atom stereocenters. The molecule has 0 radical (unpaired) electrons. The fourth-order valence-corrected chi connectivity index (χ4v) is 3.76. The first-order valence-electron chi connectivity index (χ1n) is 8.45. The first-order chi connectivity index (χ1) is 11.6. The van der Waals surface area contributed by atoms with Crippen LogP contribution in [0.5, 0.6) is 5.75 Å². The fourth-order valence-electron chi connectivity index (χ4n) is 2.75. The van der Waals surface area contributed by atoms with E-state index in [1.54, 1.807) is 23.1 Å². The Morgan fingerprint density at radius 3 is 2.76 bits per heavy atom. The first kappa shape index (κ1) is 17.8. The average molecular weight is 360 g/mol. The zero-order valence-corrected chi connectivity index (χ0v) is 16.3. The van der Waals surface area contributed by atoms with Crippen molar-refractivity contribution in [1.82, 2.24) is 0 Å². The number of nitrogens with zero attached hydrogens (tertiary/aromatic N) is 2. The summed E-state index contributed by atoms with van der Waals surface area (Å²) < 4.78 is 17.6. The summed E-state index contributed by atoms with van der Waals surface area (Å²) in [5.41, 5.74) is 1.15. The number of amides is 1. The Balaban J connectivity index is 1.78. The van der Waals surface area contributed by atoms with E-state index in [0.717, 1.165) is 0 Å². The molecule has 1 aromatic carbocycles. The second-order valence-corrected chi connectivity index (χ2v) is 12.8. The van der Waals surface area contributed by atoms with Gasteiger partial charge >= 0.3 is 6.09 Å². The van der Waals surface area contributed by atoms with Gasteiger partial charge in [0, 0.05) is 6.07 Å². The number of carbonyl (C=O) groups is 1. The van der Waals surface area contributed by atoms with Crippen molar-refractivity contribution in [2.75, 3.05) is 18.1 Å². The predicted octanol–water partition coefficient (Wildman–Crippen LogP) is 3.67. The normalized spacial score (nSPS) is 22.6. The van der Waals surface area contributed by atoms with Gasteiger partial charge in [-0.15, -0.1) is 0 Å². The van der Waals surface area contributed by atoms with Crippen LogP contribution in [0.25, 0.3) is 0 Å². The third-order valence-corrected chi connectivity index (χ3v) is 9.88. The maximum absolute atomic E-state index is 12.4. The van der Waals surface area contributed by atoms with Crippen LogP contribution in [0.1, 0.15) is 26.3 Å². The van der Waals surface area contributed by atoms with Crippen molar-refractivity contribution in [3.63, 3.8) is 0 Å². The molecule has 0 N–H and O–H groups in total. The highest BCUT2D eigenvalue weighted by Gasteiger charge is 2.48. The van der Waals surface area contributed by atoms with Crippen molar-refractivity contribution in [1.29, 1.82) is 5.26 Å². The minimum absolute atomic E-state index is 0.0959. The van der Waals surface area contributed by atoms with Gasteiger partial charge in [-0.05, 0) is 30.3 Å². The topological polar surface area (TPSA) is 71.8 Å². The largest absolute Gasteiger partial charge is 0.489 e. The lowest BCUT2D eigenvalue weighted by molar-refractivity contribution is 0.0770. The molecule has 1 amide bonds. The van der Waals surface area contributed by atoms with Crippen molar-refractivity contribution in [3.8, 4) is 11.8 Å². The minimum atomic E-state index is -1.92. The summed E-state index contributed by atoms with van der Waals surface area (Å²) in [4.78, 5) is 14.0. The molecule has 0 saturated carbocycles.